The number of halogens is 2. The van der Waals surface area contributed by atoms with Crippen molar-refractivity contribution in [1.29, 1.82) is 0 Å². The van der Waals surface area contributed by atoms with Crippen LogP contribution in [0.25, 0.3) is 0 Å². The molecule has 3 N–H and O–H groups in total. The highest BCUT2D eigenvalue weighted by molar-refractivity contribution is 9.10. The number of nitrogen functional groups attached to an aromatic ring is 1. The zero-order chi connectivity index (χ0) is 16.3. The third-order valence-electron chi connectivity index (χ3n) is 2.69. The van der Waals surface area contributed by atoms with Gasteiger partial charge in [-0.25, -0.2) is 14.4 Å². The zero-order valence-electron chi connectivity index (χ0n) is 11.9. The van der Waals surface area contributed by atoms with E-state index in [1.54, 1.807) is 26.0 Å². The molecule has 0 spiro atoms. The monoisotopic (exact) mass is 384 g/mol. The fraction of sp³-hybridized carbons (Fsp3) is 0.214. The van der Waals surface area contributed by atoms with Crippen molar-refractivity contribution >= 4 is 45.1 Å². The van der Waals surface area contributed by atoms with Crippen LogP contribution in [0.2, 0.25) is 0 Å². The van der Waals surface area contributed by atoms with Gasteiger partial charge in [-0.2, -0.15) is 0 Å². The Balaban J connectivity index is 2.05. The lowest BCUT2D eigenvalue weighted by atomic mass is 10.3. The summed E-state index contributed by atoms with van der Waals surface area (Å²) < 4.78 is 14.3. The van der Waals surface area contributed by atoms with E-state index in [0.717, 1.165) is 17.5 Å². The van der Waals surface area contributed by atoms with E-state index in [2.05, 4.69) is 31.2 Å². The molecule has 0 fully saturated rings. The van der Waals surface area contributed by atoms with Gasteiger partial charge in [0.2, 0.25) is 5.91 Å². The van der Waals surface area contributed by atoms with Crippen LogP contribution in [0.4, 0.5) is 15.9 Å². The average Bonchev–Trinajstić information content (AvgIpc) is 2.40. The molecule has 1 atom stereocenters. The molecule has 0 aliphatic heterocycles. The maximum atomic E-state index is 13.7. The molecular formula is C14H14BrFN4OS. The second kappa shape index (κ2) is 7.06. The van der Waals surface area contributed by atoms with Crippen molar-refractivity contribution in [3.05, 3.63) is 40.2 Å². The first-order valence-corrected chi connectivity index (χ1v) is 8.06. The number of hydrogen-bond donors (Lipinski definition) is 2. The number of nitrogens with zero attached hydrogens (tertiary/aromatic N) is 2. The number of rotatable bonds is 4. The first-order chi connectivity index (χ1) is 10.3. The Morgan fingerprint density at radius 3 is 2.77 bits per heavy atom. The van der Waals surface area contributed by atoms with Crippen LogP contribution < -0.4 is 11.1 Å². The van der Waals surface area contributed by atoms with Crippen LogP contribution in [0.3, 0.4) is 0 Å². The molecule has 2 aromatic rings. The number of amides is 1. The van der Waals surface area contributed by atoms with Crippen LogP contribution in [0.15, 0.2) is 33.9 Å². The second-order valence-corrected chi connectivity index (χ2v) is 6.81. The molecule has 0 aliphatic carbocycles. The Kier molecular flexibility index (Phi) is 5.36. The van der Waals surface area contributed by atoms with Crippen LogP contribution in [0, 0.1) is 12.7 Å². The van der Waals surface area contributed by atoms with E-state index in [0.29, 0.717) is 15.4 Å². The van der Waals surface area contributed by atoms with E-state index >= 15 is 0 Å². The highest BCUT2D eigenvalue weighted by Crippen LogP contribution is 2.24. The Bertz CT molecular complexity index is 693. The minimum atomic E-state index is -0.504. The van der Waals surface area contributed by atoms with E-state index in [9.17, 15) is 9.18 Å². The quantitative estimate of drug-likeness (QED) is 0.623. The SMILES string of the molecule is Cc1cc(N)nc(SC(C)C(=O)Nc2ccc(Br)cc2F)n1. The number of aryl methyl sites for hydroxylation is 1. The van der Waals surface area contributed by atoms with Crippen LogP contribution >= 0.6 is 27.7 Å². The summed E-state index contributed by atoms with van der Waals surface area (Å²) >= 11 is 4.33. The molecule has 0 saturated heterocycles. The van der Waals surface area contributed by atoms with Gasteiger partial charge in [-0.05, 0) is 32.0 Å². The maximum Gasteiger partial charge on any atom is 0.237 e. The lowest BCUT2D eigenvalue weighted by Crippen LogP contribution is -2.23. The lowest BCUT2D eigenvalue weighted by molar-refractivity contribution is -0.115. The second-order valence-electron chi connectivity index (χ2n) is 4.59. The maximum absolute atomic E-state index is 13.7. The third-order valence-corrected chi connectivity index (χ3v) is 4.15. The van der Waals surface area contributed by atoms with Crippen molar-refractivity contribution in [2.75, 3.05) is 11.1 Å². The summed E-state index contributed by atoms with van der Waals surface area (Å²) in [6.45, 7) is 3.49. The van der Waals surface area contributed by atoms with Gasteiger partial charge < -0.3 is 11.1 Å². The van der Waals surface area contributed by atoms with Gasteiger partial charge in [0.25, 0.3) is 0 Å². The Morgan fingerprint density at radius 1 is 1.41 bits per heavy atom. The van der Waals surface area contributed by atoms with Gasteiger partial charge in [0.1, 0.15) is 11.6 Å². The van der Waals surface area contributed by atoms with Gasteiger partial charge in [0.15, 0.2) is 5.16 Å². The van der Waals surface area contributed by atoms with Crippen LogP contribution in [0.5, 0.6) is 0 Å². The van der Waals surface area contributed by atoms with Gasteiger partial charge in [-0.3, -0.25) is 4.79 Å². The van der Waals surface area contributed by atoms with Gasteiger partial charge >= 0.3 is 0 Å². The first kappa shape index (κ1) is 16.7. The molecular weight excluding hydrogens is 371 g/mol. The van der Waals surface area contributed by atoms with Crippen LogP contribution in [0.1, 0.15) is 12.6 Å². The Hall–Kier alpha value is -1.67. The van der Waals surface area contributed by atoms with Crippen molar-refractivity contribution in [2.24, 2.45) is 0 Å². The standard InChI is InChI=1S/C14H14BrFN4OS/c1-7-5-12(17)20-14(18-7)22-8(2)13(21)19-11-4-3-9(15)6-10(11)16/h3-6,8H,1-2H3,(H,19,21)(H2,17,18,20). The highest BCUT2D eigenvalue weighted by Gasteiger charge is 2.18. The normalized spacial score (nSPS) is 12.0. The molecule has 0 aliphatic rings. The van der Waals surface area contributed by atoms with Crippen molar-refractivity contribution in [1.82, 2.24) is 9.97 Å². The van der Waals surface area contributed by atoms with E-state index in [-0.39, 0.29) is 11.6 Å². The molecule has 0 radical (unpaired) electrons. The number of thioether (sulfide) groups is 1. The molecule has 1 unspecified atom stereocenters. The smallest absolute Gasteiger partial charge is 0.237 e. The molecule has 2 rings (SSSR count). The predicted octanol–water partition coefficient (Wildman–Crippen LogP) is 3.39. The third kappa shape index (κ3) is 4.41. The number of aromatic nitrogens is 2. The lowest BCUT2D eigenvalue weighted by Gasteiger charge is -2.12. The molecule has 1 aromatic carbocycles. The molecule has 22 heavy (non-hydrogen) atoms. The molecule has 8 heteroatoms. The number of nitrogens with two attached hydrogens (primary N) is 1. The summed E-state index contributed by atoms with van der Waals surface area (Å²) in [4.78, 5) is 20.4. The molecule has 1 heterocycles. The topological polar surface area (TPSA) is 80.9 Å². The Morgan fingerprint density at radius 2 is 2.14 bits per heavy atom. The first-order valence-electron chi connectivity index (χ1n) is 6.39. The van der Waals surface area contributed by atoms with E-state index in [4.69, 9.17) is 5.73 Å². The summed E-state index contributed by atoms with van der Waals surface area (Å²) in [6.07, 6.45) is 0. The molecule has 0 saturated carbocycles. The molecule has 0 bridgehead atoms. The highest BCUT2D eigenvalue weighted by atomic mass is 79.9. The fourth-order valence-corrected chi connectivity index (χ4v) is 2.82. The number of nitrogens with one attached hydrogen (secondary N) is 1. The molecule has 5 nitrogen and oxygen atoms in total. The fourth-order valence-electron chi connectivity index (χ4n) is 1.65. The molecule has 116 valence electrons. The number of carbonyl (C=O) groups is 1. The minimum Gasteiger partial charge on any atom is -0.384 e. The largest absolute Gasteiger partial charge is 0.384 e. The van der Waals surface area contributed by atoms with Crippen molar-refractivity contribution in [3.8, 4) is 0 Å². The number of hydrogen-bond acceptors (Lipinski definition) is 5. The summed E-state index contributed by atoms with van der Waals surface area (Å²) in [7, 11) is 0. The van der Waals surface area contributed by atoms with Crippen molar-refractivity contribution in [3.63, 3.8) is 0 Å². The van der Waals surface area contributed by atoms with Gasteiger partial charge in [0.05, 0.1) is 10.9 Å². The number of benzene rings is 1. The average molecular weight is 385 g/mol. The van der Waals surface area contributed by atoms with Gasteiger partial charge in [-0.15, -0.1) is 0 Å². The van der Waals surface area contributed by atoms with Crippen molar-refractivity contribution < 1.29 is 9.18 Å². The van der Waals surface area contributed by atoms with E-state index in [1.807, 2.05) is 0 Å². The summed E-state index contributed by atoms with van der Waals surface area (Å²) in [5.41, 5.74) is 6.50. The van der Waals surface area contributed by atoms with Gasteiger partial charge in [0, 0.05) is 16.2 Å². The summed E-state index contributed by atoms with van der Waals surface area (Å²) in [6, 6.07) is 6.08. The van der Waals surface area contributed by atoms with Crippen molar-refractivity contribution in [2.45, 2.75) is 24.3 Å². The Labute approximate surface area is 140 Å². The predicted molar refractivity (Wildman–Crippen MR) is 89.2 cm³/mol. The van der Waals surface area contributed by atoms with Crippen LogP contribution in [-0.2, 0) is 4.79 Å². The molecule has 1 amide bonds. The summed E-state index contributed by atoms with van der Waals surface area (Å²) in [5, 5.41) is 2.46. The summed E-state index contributed by atoms with van der Waals surface area (Å²) in [5.74, 6) is -0.493. The van der Waals surface area contributed by atoms with E-state index < -0.39 is 11.1 Å². The van der Waals surface area contributed by atoms with E-state index in [1.165, 1.54) is 12.1 Å². The van der Waals surface area contributed by atoms with Crippen LogP contribution in [-0.4, -0.2) is 21.1 Å². The molecule has 1 aromatic heterocycles. The number of anilines is 2. The minimum absolute atomic E-state index is 0.130. The zero-order valence-corrected chi connectivity index (χ0v) is 14.3. The van der Waals surface area contributed by atoms with Gasteiger partial charge in [-0.1, -0.05) is 27.7 Å². The number of carbonyl (C=O) groups excluding carboxylic acids is 1.